The molecule has 0 N–H and O–H groups in total. The molecule has 0 aliphatic carbocycles. The first-order chi connectivity index (χ1) is 7.63. The second-order valence-corrected chi connectivity index (χ2v) is 3.75. The number of oxime groups is 1. The Hall–Kier alpha value is -1.55. The van der Waals surface area contributed by atoms with Gasteiger partial charge in [0.25, 0.3) is 0 Å². The van der Waals surface area contributed by atoms with Gasteiger partial charge in [0.05, 0.1) is 6.34 Å². The molecule has 0 heterocycles. The van der Waals surface area contributed by atoms with Crippen LogP contribution in [0.4, 0.5) is 0 Å². The van der Waals surface area contributed by atoms with Gasteiger partial charge >= 0.3 is 0 Å². The summed E-state index contributed by atoms with van der Waals surface area (Å²) in [6.45, 7) is 0. The molecule has 1 aromatic carbocycles. The molecule has 16 heavy (non-hydrogen) atoms. The highest BCUT2D eigenvalue weighted by molar-refractivity contribution is 6.30. The SMILES string of the molecule is CO/N=C(\N=CN(C)C)c1ccc(Cl)cc1. The quantitative estimate of drug-likeness (QED) is 0.461. The molecule has 5 heteroatoms. The maximum Gasteiger partial charge on any atom is 0.200 e. The number of amidine groups is 1. The van der Waals surface area contributed by atoms with Crippen LogP contribution in [0.15, 0.2) is 34.4 Å². The first kappa shape index (κ1) is 12.5. The van der Waals surface area contributed by atoms with Gasteiger partial charge in [-0.05, 0) is 24.3 Å². The zero-order chi connectivity index (χ0) is 12.0. The zero-order valence-electron chi connectivity index (χ0n) is 9.51. The van der Waals surface area contributed by atoms with Crippen molar-refractivity contribution < 1.29 is 4.84 Å². The van der Waals surface area contributed by atoms with Crippen molar-refractivity contribution in [2.24, 2.45) is 10.1 Å². The van der Waals surface area contributed by atoms with Gasteiger partial charge in [0.15, 0.2) is 5.84 Å². The van der Waals surface area contributed by atoms with Crippen LogP contribution in [0.2, 0.25) is 5.02 Å². The molecule has 0 aromatic heterocycles. The lowest BCUT2D eigenvalue weighted by Crippen LogP contribution is -2.10. The molecular formula is C11H14ClN3O. The molecule has 0 saturated carbocycles. The Labute approximate surface area is 100 Å². The van der Waals surface area contributed by atoms with Gasteiger partial charge in [-0.2, -0.15) is 0 Å². The van der Waals surface area contributed by atoms with Crippen molar-refractivity contribution >= 4 is 23.8 Å². The lowest BCUT2D eigenvalue weighted by Gasteiger charge is -2.04. The molecule has 1 aromatic rings. The summed E-state index contributed by atoms with van der Waals surface area (Å²) in [6.07, 6.45) is 1.66. The first-order valence-corrected chi connectivity index (χ1v) is 5.09. The molecule has 0 aliphatic rings. The van der Waals surface area contributed by atoms with Gasteiger partial charge in [-0.1, -0.05) is 16.8 Å². The molecular weight excluding hydrogens is 226 g/mol. The molecule has 0 spiro atoms. The van der Waals surface area contributed by atoms with Gasteiger partial charge in [-0.25, -0.2) is 4.99 Å². The number of rotatable bonds is 3. The molecule has 1 rings (SSSR count). The normalized spacial score (nSPS) is 11.9. The molecule has 4 nitrogen and oxygen atoms in total. The fourth-order valence-corrected chi connectivity index (χ4v) is 1.13. The van der Waals surface area contributed by atoms with Gasteiger partial charge in [0, 0.05) is 24.7 Å². The summed E-state index contributed by atoms with van der Waals surface area (Å²) in [5.74, 6) is 0.507. The molecule has 0 fully saturated rings. The smallest absolute Gasteiger partial charge is 0.200 e. The standard InChI is InChI=1S/C11H14ClN3O/c1-15(2)8-13-11(14-16-3)9-4-6-10(12)7-5-9/h4-8H,1-3H3/b13-8?,14-11-. The number of aliphatic imine (C=N–C) groups is 1. The van der Waals surface area contributed by atoms with Crippen LogP contribution in [0.25, 0.3) is 0 Å². The Morgan fingerprint density at radius 1 is 1.31 bits per heavy atom. The molecule has 86 valence electrons. The number of hydrogen-bond donors (Lipinski definition) is 0. The van der Waals surface area contributed by atoms with Crippen molar-refractivity contribution in [3.63, 3.8) is 0 Å². The average Bonchev–Trinajstić information content (AvgIpc) is 2.25. The van der Waals surface area contributed by atoms with Crippen LogP contribution in [0.3, 0.4) is 0 Å². The van der Waals surface area contributed by atoms with Crippen molar-refractivity contribution in [1.29, 1.82) is 0 Å². The van der Waals surface area contributed by atoms with Crippen molar-refractivity contribution in [1.82, 2.24) is 4.90 Å². The van der Waals surface area contributed by atoms with Crippen LogP contribution in [0, 0.1) is 0 Å². The fourth-order valence-electron chi connectivity index (χ4n) is 1.01. The maximum atomic E-state index is 5.80. The number of nitrogens with zero attached hydrogens (tertiary/aromatic N) is 3. The third-order valence-corrected chi connectivity index (χ3v) is 1.94. The van der Waals surface area contributed by atoms with Crippen molar-refractivity contribution in [2.45, 2.75) is 0 Å². The largest absolute Gasteiger partial charge is 0.397 e. The summed E-state index contributed by atoms with van der Waals surface area (Å²) in [5.41, 5.74) is 0.851. The lowest BCUT2D eigenvalue weighted by atomic mass is 10.2. The van der Waals surface area contributed by atoms with Gasteiger partial charge in [-0.15, -0.1) is 0 Å². The van der Waals surface area contributed by atoms with Gasteiger partial charge in [0.1, 0.15) is 7.11 Å². The summed E-state index contributed by atoms with van der Waals surface area (Å²) in [7, 11) is 5.26. The third kappa shape index (κ3) is 3.90. The van der Waals surface area contributed by atoms with E-state index in [2.05, 4.69) is 10.1 Å². The van der Waals surface area contributed by atoms with E-state index >= 15 is 0 Å². The number of benzene rings is 1. The topological polar surface area (TPSA) is 37.2 Å². The van der Waals surface area contributed by atoms with Crippen LogP contribution in [-0.4, -0.2) is 38.3 Å². The van der Waals surface area contributed by atoms with E-state index in [1.165, 1.54) is 7.11 Å². The highest BCUT2D eigenvalue weighted by Gasteiger charge is 2.01. The Balaban J connectivity index is 2.94. The predicted molar refractivity (Wildman–Crippen MR) is 67.2 cm³/mol. The lowest BCUT2D eigenvalue weighted by molar-refractivity contribution is 0.213. The highest BCUT2D eigenvalue weighted by Crippen LogP contribution is 2.11. The summed E-state index contributed by atoms with van der Waals surface area (Å²) in [4.78, 5) is 10.8. The van der Waals surface area contributed by atoms with E-state index in [4.69, 9.17) is 16.4 Å². The minimum atomic E-state index is 0.507. The monoisotopic (exact) mass is 239 g/mol. The maximum absolute atomic E-state index is 5.80. The Morgan fingerprint density at radius 3 is 2.44 bits per heavy atom. The van der Waals surface area contributed by atoms with Gasteiger partial charge in [0.2, 0.25) is 0 Å². The van der Waals surface area contributed by atoms with Crippen LogP contribution < -0.4 is 0 Å². The Morgan fingerprint density at radius 2 is 1.94 bits per heavy atom. The number of halogens is 1. The van der Waals surface area contributed by atoms with Crippen LogP contribution in [0.5, 0.6) is 0 Å². The van der Waals surface area contributed by atoms with Crippen LogP contribution in [0.1, 0.15) is 5.56 Å². The molecule has 0 aliphatic heterocycles. The van der Waals surface area contributed by atoms with Crippen molar-refractivity contribution in [3.05, 3.63) is 34.9 Å². The van der Waals surface area contributed by atoms with E-state index in [9.17, 15) is 0 Å². The summed E-state index contributed by atoms with van der Waals surface area (Å²) < 4.78 is 0. The summed E-state index contributed by atoms with van der Waals surface area (Å²) in [6, 6.07) is 7.25. The van der Waals surface area contributed by atoms with Gasteiger partial charge in [-0.3, -0.25) is 0 Å². The first-order valence-electron chi connectivity index (χ1n) is 4.71. The fraction of sp³-hybridized carbons (Fsp3) is 0.273. The molecule has 0 unspecified atom stereocenters. The number of hydrogen-bond acceptors (Lipinski definition) is 2. The Bertz CT molecular complexity index is 385. The molecule has 0 atom stereocenters. The van der Waals surface area contributed by atoms with E-state index in [0.717, 1.165) is 5.56 Å². The second-order valence-electron chi connectivity index (χ2n) is 3.31. The molecule has 0 bridgehead atoms. The summed E-state index contributed by atoms with van der Waals surface area (Å²) in [5, 5.41) is 4.52. The highest BCUT2D eigenvalue weighted by atomic mass is 35.5. The molecule has 0 radical (unpaired) electrons. The van der Waals surface area contributed by atoms with Crippen molar-refractivity contribution in [3.8, 4) is 0 Å². The van der Waals surface area contributed by atoms with E-state index in [-0.39, 0.29) is 0 Å². The minimum Gasteiger partial charge on any atom is -0.397 e. The average molecular weight is 240 g/mol. The molecule has 0 saturated heterocycles. The van der Waals surface area contributed by atoms with E-state index in [1.54, 1.807) is 18.5 Å². The van der Waals surface area contributed by atoms with Gasteiger partial charge < -0.3 is 9.74 Å². The zero-order valence-corrected chi connectivity index (χ0v) is 10.3. The van der Waals surface area contributed by atoms with E-state index in [1.807, 2.05) is 31.1 Å². The summed E-state index contributed by atoms with van der Waals surface area (Å²) >= 11 is 5.80. The predicted octanol–water partition coefficient (Wildman–Crippen LogP) is 2.24. The van der Waals surface area contributed by atoms with Crippen molar-refractivity contribution in [2.75, 3.05) is 21.2 Å². The third-order valence-electron chi connectivity index (χ3n) is 1.69. The second kappa shape index (κ2) is 6.12. The van der Waals surface area contributed by atoms with E-state index < -0.39 is 0 Å². The van der Waals surface area contributed by atoms with E-state index in [0.29, 0.717) is 10.9 Å². The van der Waals surface area contributed by atoms with Crippen LogP contribution >= 0.6 is 11.6 Å². The Kier molecular flexibility index (Phi) is 4.79. The minimum absolute atomic E-state index is 0.507. The molecule has 0 amide bonds. The van der Waals surface area contributed by atoms with Crippen LogP contribution in [-0.2, 0) is 4.84 Å².